The summed E-state index contributed by atoms with van der Waals surface area (Å²) in [5, 5.41) is 0.374. The van der Waals surface area contributed by atoms with E-state index in [1.807, 2.05) is 0 Å². The Morgan fingerprint density at radius 3 is 2.20 bits per heavy atom. The van der Waals surface area contributed by atoms with Crippen LogP contribution in [0.15, 0.2) is 69.3 Å². The van der Waals surface area contributed by atoms with Gasteiger partial charge in [0.2, 0.25) is 0 Å². The molecule has 10 heteroatoms. The van der Waals surface area contributed by atoms with Gasteiger partial charge in [-0.2, -0.15) is 0 Å². The fraction of sp³-hybridized carbons (Fsp3) is 0.0500. The molecule has 0 radical (unpaired) electrons. The Morgan fingerprint density at radius 2 is 1.57 bits per heavy atom. The van der Waals surface area contributed by atoms with Gasteiger partial charge in [0.15, 0.2) is 0 Å². The monoisotopic (exact) mass is 442 g/mol. The van der Waals surface area contributed by atoms with Gasteiger partial charge in [-0.05, 0) is 54.4 Å². The molecule has 2 aromatic carbocycles. The van der Waals surface area contributed by atoms with E-state index >= 15 is 0 Å². The largest absolute Gasteiger partial charge is 0.316 e. The fourth-order valence-electron chi connectivity index (χ4n) is 3.10. The number of nitrogens with zero attached hydrogens (tertiary/aromatic N) is 1. The van der Waals surface area contributed by atoms with E-state index in [9.17, 15) is 18.0 Å². The molecule has 0 saturated carbocycles. The third kappa shape index (κ3) is 3.72. The van der Waals surface area contributed by atoms with E-state index in [2.05, 4.69) is 19.7 Å². The molecular formula is C20H15ClN4O4S. The number of benzene rings is 2. The third-order valence-electron chi connectivity index (χ3n) is 4.52. The van der Waals surface area contributed by atoms with Crippen LogP contribution >= 0.6 is 11.6 Å². The highest BCUT2D eigenvalue weighted by atomic mass is 35.5. The smallest absolute Gasteiger partial charge is 0.314 e. The molecule has 8 nitrogen and oxygen atoms in total. The van der Waals surface area contributed by atoms with Crippen molar-refractivity contribution in [1.82, 2.24) is 15.0 Å². The molecule has 0 unspecified atom stereocenters. The summed E-state index contributed by atoms with van der Waals surface area (Å²) in [4.78, 5) is 31.8. The summed E-state index contributed by atoms with van der Waals surface area (Å²) in [6.45, 7) is 1.59. The van der Waals surface area contributed by atoms with Crippen LogP contribution in [0.2, 0.25) is 5.02 Å². The number of rotatable bonds is 4. The third-order valence-corrected chi connectivity index (χ3v) is 6.36. The maximum absolute atomic E-state index is 13.0. The van der Waals surface area contributed by atoms with Gasteiger partial charge in [0.25, 0.3) is 10.0 Å². The molecule has 0 aliphatic heterocycles. The van der Waals surface area contributed by atoms with Crippen molar-refractivity contribution < 1.29 is 8.42 Å². The molecule has 3 N–H and O–H groups in total. The molecule has 4 aromatic rings. The van der Waals surface area contributed by atoms with Crippen LogP contribution in [0, 0.1) is 6.92 Å². The predicted molar refractivity (Wildman–Crippen MR) is 115 cm³/mol. The Bertz CT molecular complexity index is 1500. The number of aromatic amines is 2. The van der Waals surface area contributed by atoms with Crippen molar-refractivity contribution in [2.75, 3.05) is 4.72 Å². The zero-order valence-corrected chi connectivity index (χ0v) is 17.1. The second-order valence-electron chi connectivity index (χ2n) is 6.61. The number of H-pyrrole nitrogens is 2. The van der Waals surface area contributed by atoms with E-state index in [4.69, 9.17) is 11.6 Å². The van der Waals surface area contributed by atoms with Gasteiger partial charge in [0.05, 0.1) is 26.6 Å². The highest BCUT2D eigenvalue weighted by molar-refractivity contribution is 7.92. The molecule has 0 amide bonds. The van der Waals surface area contributed by atoms with Gasteiger partial charge in [-0.1, -0.05) is 17.7 Å². The average Bonchev–Trinajstić information content (AvgIpc) is 2.69. The SMILES string of the molecule is Cc1cc2[nH]c(=O)c(=O)[nH]c2cc1S(=O)(=O)Nc1ccc(-c2ccncc2)c(Cl)c1. The van der Waals surface area contributed by atoms with Crippen LogP contribution < -0.4 is 15.8 Å². The maximum Gasteiger partial charge on any atom is 0.314 e. The normalized spacial score (nSPS) is 11.5. The Kier molecular flexibility index (Phi) is 4.92. The van der Waals surface area contributed by atoms with Gasteiger partial charge in [-0.25, -0.2) is 8.42 Å². The lowest BCUT2D eigenvalue weighted by Crippen LogP contribution is -2.29. The van der Waals surface area contributed by atoms with Crippen LogP contribution in [0.4, 0.5) is 5.69 Å². The molecule has 2 heterocycles. The highest BCUT2D eigenvalue weighted by Crippen LogP contribution is 2.31. The van der Waals surface area contributed by atoms with Crippen molar-refractivity contribution in [1.29, 1.82) is 0 Å². The first-order valence-electron chi connectivity index (χ1n) is 8.74. The fourth-order valence-corrected chi connectivity index (χ4v) is 4.69. The summed E-state index contributed by atoms with van der Waals surface area (Å²) < 4.78 is 28.4. The second kappa shape index (κ2) is 7.43. The molecule has 0 fully saturated rings. The van der Waals surface area contributed by atoms with E-state index in [1.54, 1.807) is 43.6 Å². The van der Waals surface area contributed by atoms with Crippen molar-refractivity contribution in [2.24, 2.45) is 0 Å². The lowest BCUT2D eigenvalue weighted by Gasteiger charge is -2.13. The van der Waals surface area contributed by atoms with Crippen molar-refractivity contribution in [2.45, 2.75) is 11.8 Å². The molecule has 152 valence electrons. The van der Waals surface area contributed by atoms with Gasteiger partial charge in [-0.3, -0.25) is 19.3 Å². The first kappa shape index (κ1) is 19.9. The molecule has 4 rings (SSSR count). The Morgan fingerprint density at radius 1 is 0.933 bits per heavy atom. The number of aryl methyl sites for hydroxylation is 1. The second-order valence-corrected chi connectivity index (χ2v) is 8.67. The van der Waals surface area contributed by atoms with Gasteiger partial charge < -0.3 is 9.97 Å². The summed E-state index contributed by atoms with van der Waals surface area (Å²) in [5.41, 5.74) is 1.15. The quantitative estimate of drug-likeness (QED) is 0.419. The molecule has 30 heavy (non-hydrogen) atoms. The highest BCUT2D eigenvalue weighted by Gasteiger charge is 2.19. The first-order chi connectivity index (χ1) is 14.2. The van der Waals surface area contributed by atoms with Crippen LogP contribution in [0.25, 0.3) is 22.2 Å². The summed E-state index contributed by atoms with van der Waals surface area (Å²) in [6, 6.07) is 11.2. The van der Waals surface area contributed by atoms with Gasteiger partial charge >= 0.3 is 11.1 Å². The minimum Gasteiger partial charge on any atom is -0.316 e. The lowest BCUT2D eigenvalue weighted by molar-refractivity contribution is 0.600. The molecule has 0 spiro atoms. The standard InChI is InChI=1S/C20H15ClN4O4S/c1-11-8-16-17(24-20(27)19(26)23-16)10-18(11)30(28,29)25-13-2-3-14(15(21)9-13)12-4-6-22-7-5-12/h2-10,25H,1H3,(H,23,26)(H,24,27). The summed E-state index contributed by atoms with van der Waals surface area (Å²) in [5.74, 6) is 0. The molecule has 0 aliphatic carbocycles. The molecule has 0 bridgehead atoms. The van der Waals surface area contributed by atoms with Crippen LogP contribution in [0.1, 0.15) is 5.56 Å². The Labute approximate surface area is 175 Å². The number of hydrogen-bond donors (Lipinski definition) is 3. The first-order valence-corrected chi connectivity index (χ1v) is 10.6. The Hall–Kier alpha value is -3.43. The van der Waals surface area contributed by atoms with E-state index in [-0.39, 0.29) is 16.1 Å². The molecule has 0 aliphatic rings. The van der Waals surface area contributed by atoms with Gasteiger partial charge in [0.1, 0.15) is 0 Å². The Balaban J connectivity index is 1.72. The minimum absolute atomic E-state index is 0.0352. The van der Waals surface area contributed by atoms with E-state index < -0.39 is 21.1 Å². The van der Waals surface area contributed by atoms with Crippen molar-refractivity contribution in [3.05, 3.63) is 86.2 Å². The molecular weight excluding hydrogens is 428 g/mol. The van der Waals surface area contributed by atoms with Crippen molar-refractivity contribution in [3.63, 3.8) is 0 Å². The van der Waals surface area contributed by atoms with E-state index in [0.29, 0.717) is 16.1 Å². The van der Waals surface area contributed by atoms with Crippen LogP contribution in [0.3, 0.4) is 0 Å². The summed E-state index contributed by atoms with van der Waals surface area (Å²) >= 11 is 6.35. The van der Waals surface area contributed by atoms with E-state index in [1.165, 1.54) is 18.2 Å². The van der Waals surface area contributed by atoms with Gasteiger partial charge in [0, 0.05) is 18.0 Å². The maximum atomic E-state index is 13.0. The average molecular weight is 443 g/mol. The lowest BCUT2D eigenvalue weighted by atomic mass is 10.1. The van der Waals surface area contributed by atoms with Crippen molar-refractivity contribution >= 4 is 38.3 Å². The molecule has 0 saturated heterocycles. The number of fused-ring (bicyclic) bond motifs is 1. The van der Waals surface area contributed by atoms with Crippen LogP contribution in [-0.2, 0) is 10.0 Å². The minimum atomic E-state index is -3.99. The van der Waals surface area contributed by atoms with Gasteiger partial charge in [-0.15, -0.1) is 0 Å². The zero-order valence-electron chi connectivity index (χ0n) is 15.6. The molecule has 2 aromatic heterocycles. The number of pyridine rings is 1. The zero-order chi connectivity index (χ0) is 21.5. The number of sulfonamides is 1. The molecule has 0 atom stereocenters. The van der Waals surface area contributed by atoms with Crippen molar-refractivity contribution in [3.8, 4) is 11.1 Å². The summed E-state index contributed by atoms with van der Waals surface area (Å²) in [7, 11) is -3.99. The predicted octanol–water partition coefficient (Wildman–Crippen LogP) is 3.04. The number of nitrogens with one attached hydrogen (secondary N) is 3. The number of aromatic nitrogens is 3. The summed E-state index contributed by atoms with van der Waals surface area (Å²) in [6.07, 6.45) is 3.28. The number of hydrogen-bond acceptors (Lipinski definition) is 5. The van der Waals surface area contributed by atoms with Crippen LogP contribution in [-0.4, -0.2) is 23.4 Å². The topological polar surface area (TPSA) is 125 Å². The number of halogens is 1. The van der Waals surface area contributed by atoms with E-state index in [0.717, 1.165) is 11.1 Å². The van der Waals surface area contributed by atoms with Crippen LogP contribution in [0.5, 0.6) is 0 Å². The number of anilines is 1.